The van der Waals surface area contributed by atoms with Gasteiger partial charge >= 0.3 is 6.03 Å². The van der Waals surface area contributed by atoms with Crippen molar-refractivity contribution in [3.8, 4) is 0 Å². The van der Waals surface area contributed by atoms with E-state index in [4.69, 9.17) is 5.73 Å². The Labute approximate surface area is 67.5 Å². The van der Waals surface area contributed by atoms with Crippen molar-refractivity contribution in [2.45, 2.75) is 32.7 Å². The highest BCUT2D eigenvalue weighted by atomic mass is 16.2. The van der Waals surface area contributed by atoms with E-state index < -0.39 is 0 Å². The van der Waals surface area contributed by atoms with Gasteiger partial charge in [0, 0.05) is 13.1 Å². The van der Waals surface area contributed by atoms with Crippen molar-refractivity contribution >= 4 is 6.03 Å². The molecule has 64 valence electrons. The molecule has 0 aliphatic heterocycles. The van der Waals surface area contributed by atoms with E-state index >= 15 is 0 Å². The largest absolute Gasteiger partial charge is 0.351 e. The number of nitrogens with zero attached hydrogens (tertiary/aromatic N) is 1. The van der Waals surface area contributed by atoms with Crippen LogP contribution in [-0.4, -0.2) is 24.0 Å². The molecule has 1 unspecified atom stereocenters. The Balaban J connectivity index is 2.53. The summed E-state index contributed by atoms with van der Waals surface area (Å²) < 4.78 is 0. The Kier molecular flexibility index (Phi) is 1.82. The first-order valence-electron chi connectivity index (χ1n) is 3.99. The second kappa shape index (κ2) is 2.40. The van der Waals surface area contributed by atoms with Crippen LogP contribution >= 0.6 is 0 Å². The predicted molar refractivity (Wildman–Crippen MR) is 44.1 cm³/mol. The molecule has 1 atom stereocenters. The molecule has 3 heteroatoms. The molecule has 1 rings (SSSR count). The van der Waals surface area contributed by atoms with Gasteiger partial charge in [-0.3, -0.25) is 0 Å². The lowest BCUT2D eigenvalue weighted by Gasteiger charge is -2.28. The molecule has 0 radical (unpaired) electrons. The molecule has 11 heavy (non-hydrogen) atoms. The van der Waals surface area contributed by atoms with E-state index in [0.29, 0.717) is 5.41 Å². The molecule has 3 nitrogen and oxygen atoms in total. The van der Waals surface area contributed by atoms with Gasteiger partial charge in [0.05, 0.1) is 0 Å². The maximum Gasteiger partial charge on any atom is 0.314 e. The van der Waals surface area contributed by atoms with Crippen LogP contribution in [0.15, 0.2) is 0 Å². The van der Waals surface area contributed by atoms with Crippen LogP contribution in [0.25, 0.3) is 0 Å². The summed E-state index contributed by atoms with van der Waals surface area (Å²) in [6.45, 7) is 4.24. The first-order valence-corrected chi connectivity index (χ1v) is 3.99. The van der Waals surface area contributed by atoms with Crippen LogP contribution in [0.2, 0.25) is 0 Å². The number of urea groups is 1. The Morgan fingerprint density at radius 1 is 1.64 bits per heavy atom. The van der Waals surface area contributed by atoms with E-state index in [-0.39, 0.29) is 12.1 Å². The summed E-state index contributed by atoms with van der Waals surface area (Å²) >= 11 is 0. The van der Waals surface area contributed by atoms with Crippen molar-refractivity contribution in [2.24, 2.45) is 11.1 Å². The molecule has 2 amide bonds. The number of carbonyl (C=O) groups is 1. The fourth-order valence-corrected chi connectivity index (χ4v) is 1.27. The van der Waals surface area contributed by atoms with Crippen molar-refractivity contribution in [1.82, 2.24) is 4.90 Å². The molecule has 1 aliphatic rings. The molecule has 0 aromatic carbocycles. The highest BCUT2D eigenvalue weighted by molar-refractivity contribution is 5.72. The van der Waals surface area contributed by atoms with Gasteiger partial charge in [0.2, 0.25) is 0 Å². The first kappa shape index (κ1) is 8.37. The molecule has 0 spiro atoms. The normalized spacial score (nSPS) is 22.5. The minimum absolute atomic E-state index is 0.278. The molecule has 1 fully saturated rings. The van der Waals surface area contributed by atoms with Crippen LogP contribution in [0, 0.1) is 5.41 Å². The van der Waals surface area contributed by atoms with Crippen molar-refractivity contribution in [1.29, 1.82) is 0 Å². The third kappa shape index (κ3) is 1.47. The van der Waals surface area contributed by atoms with Crippen LogP contribution in [0.3, 0.4) is 0 Å². The van der Waals surface area contributed by atoms with Gasteiger partial charge in [-0.1, -0.05) is 6.92 Å². The van der Waals surface area contributed by atoms with Crippen LogP contribution in [-0.2, 0) is 0 Å². The first-order chi connectivity index (χ1) is 4.97. The number of amides is 2. The molecule has 1 saturated carbocycles. The van der Waals surface area contributed by atoms with Gasteiger partial charge in [-0.15, -0.1) is 0 Å². The zero-order valence-electron chi connectivity index (χ0n) is 7.42. The predicted octanol–water partition coefficient (Wildman–Crippen LogP) is 1.19. The summed E-state index contributed by atoms with van der Waals surface area (Å²) in [5, 5.41) is 0. The Morgan fingerprint density at radius 3 is 2.36 bits per heavy atom. The van der Waals surface area contributed by atoms with Gasteiger partial charge in [0.15, 0.2) is 0 Å². The fraction of sp³-hybridized carbons (Fsp3) is 0.875. The summed E-state index contributed by atoms with van der Waals surface area (Å²) in [5.41, 5.74) is 5.49. The van der Waals surface area contributed by atoms with Gasteiger partial charge < -0.3 is 10.6 Å². The van der Waals surface area contributed by atoms with Crippen LogP contribution in [0.1, 0.15) is 26.7 Å². The van der Waals surface area contributed by atoms with E-state index in [0.717, 1.165) is 0 Å². The van der Waals surface area contributed by atoms with E-state index in [1.54, 1.807) is 11.9 Å². The Bertz CT molecular complexity index is 175. The maximum absolute atomic E-state index is 10.8. The lowest BCUT2D eigenvalue weighted by atomic mass is 10.00. The lowest BCUT2D eigenvalue weighted by molar-refractivity contribution is 0.179. The number of carbonyl (C=O) groups excluding carboxylic acids is 1. The van der Waals surface area contributed by atoms with E-state index in [1.165, 1.54) is 12.8 Å². The molecule has 0 aromatic rings. The molecule has 0 saturated heterocycles. The van der Waals surface area contributed by atoms with Crippen molar-refractivity contribution < 1.29 is 4.79 Å². The highest BCUT2D eigenvalue weighted by Crippen LogP contribution is 2.49. The Hall–Kier alpha value is -0.730. The summed E-state index contributed by atoms with van der Waals surface area (Å²) in [5.74, 6) is 0. The summed E-state index contributed by atoms with van der Waals surface area (Å²) in [6.07, 6.45) is 2.43. The minimum Gasteiger partial charge on any atom is -0.351 e. The maximum atomic E-state index is 10.8. The molecular weight excluding hydrogens is 140 g/mol. The molecule has 0 aromatic heterocycles. The van der Waals surface area contributed by atoms with Crippen LogP contribution < -0.4 is 5.73 Å². The molecule has 0 heterocycles. The lowest BCUT2D eigenvalue weighted by Crippen LogP contribution is -2.42. The van der Waals surface area contributed by atoms with Gasteiger partial charge in [-0.2, -0.15) is 0 Å². The van der Waals surface area contributed by atoms with E-state index in [1.807, 2.05) is 0 Å². The van der Waals surface area contributed by atoms with E-state index in [2.05, 4.69) is 13.8 Å². The third-order valence-corrected chi connectivity index (χ3v) is 2.98. The van der Waals surface area contributed by atoms with Crippen LogP contribution in [0.5, 0.6) is 0 Å². The topological polar surface area (TPSA) is 46.3 Å². The third-order valence-electron chi connectivity index (χ3n) is 2.98. The summed E-state index contributed by atoms with van der Waals surface area (Å²) in [7, 11) is 1.76. The molecular formula is C8H16N2O. The van der Waals surface area contributed by atoms with Crippen molar-refractivity contribution in [3.63, 3.8) is 0 Å². The van der Waals surface area contributed by atoms with Gasteiger partial charge in [-0.25, -0.2) is 4.79 Å². The highest BCUT2D eigenvalue weighted by Gasteiger charge is 2.44. The Morgan fingerprint density at radius 2 is 2.09 bits per heavy atom. The number of rotatable bonds is 2. The zero-order valence-corrected chi connectivity index (χ0v) is 7.42. The second-order valence-corrected chi connectivity index (χ2v) is 3.78. The molecule has 1 aliphatic carbocycles. The van der Waals surface area contributed by atoms with E-state index in [9.17, 15) is 4.79 Å². The molecule has 2 N–H and O–H groups in total. The number of hydrogen-bond donors (Lipinski definition) is 1. The summed E-state index contributed by atoms with van der Waals surface area (Å²) in [4.78, 5) is 12.4. The number of nitrogens with two attached hydrogens (primary N) is 1. The second-order valence-electron chi connectivity index (χ2n) is 3.78. The number of primary amides is 1. The fourth-order valence-electron chi connectivity index (χ4n) is 1.27. The van der Waals surface area contributed by atoms with Crippen molar-refractivity contribution in [2.75, 3.05) is 7.05 Å². The monoisotopic (exact) mass is 156 g/mol. The van der Waals surface area contributed by atoms with Gasteiger partial charge in [-0.05, 0) is 25.2 Å². The average Bonchev–Trinajstić information content (AvgIpc) is 2.66. The van der Waals surface area contributed by atoms with Gasteiger partial charge in [0.25, 0.3) is 0 Å². The van der Waals surface area contributed by atoms with Gasteiger partial charge in [0.1, 0.15) is 0 Å². The van der Waals surface area contributed by atoms with Crippen LogP contribution in [0.4, 0.5) is 4.79 Å². The standard InChI is InChI=1S/C8H16N2O/c1-6(8(2)4-5-8)10(3)7(9)11/h6H,4-5H2,1-3H3,(H2,9,11). The average molecular weight is 156 g/mol. The quantitative estimate of drug-likeness (QED) is 0.641. The van der Waals surface area contributed by atoms with Crippen molar-refractivity contribution in [3.05, 3.63) is 0 Å². The number of hydrogen-bond acceptors (Lipinski definition) is 1. The summed E-state index contributed by atoms with van der Waals surface area (Å²) in [6, 6.07) is -0.0503. The SMILES string of the molecule is CC(N(C)C(N)=O)C1(C)CC1. The smallest absolute Gasteiger partial charge is 0.314 e. The zero-order chi connectivity index (χ0) is 8.65. The molecule has 0 bridgehead atoms. The minimum atomic E-state index is -0.328.